The highest BCUT2D eigenvalue weighted by Gasteiger charge is 2.26. The van der Waals surface area contributed by atoms with Crippen LogP contribution >= 0.6 is 7.82 Å². The van der Waals surface area contributed by atoms with Crippen LogP contribution < -0.4 is 0 Å². The molecule has 0 aromatic carbocycles. The molecule has 0 heterocycles. The molecular formula is C54H111NO7P+. The zero-order valence-corrected chi connectivity index (χ0v) is 44.0. The first kappa shape index (κ1) is 62.5. The number of rotatable bonds is 53. The van der Waals surface area contributed by atoms with Crippen LogP contribution in [0.5, 0.6) is 0 Å². The molecule has 0 saturated carbocycles. The summed E-state index contributed by atoms with van der Waals surface area (Å²) in [5, 5.41) is 0. The van der Waals surface area contributed by atoms with Gasteiger partial charge in [-0.15, -0.1) is 0 Å². The third-order valence-electron chi connectivity index (χ3n) is 12.7. The minimum atomic E-state index is -4.27. The number of carbonyl (C=O) groups is 1. The second-order valence-electron chi connectivity index (χ2n) is 20.3. The van der Waals surface area contributed by atoms with Gasteiger partial charge in [-0.05, 0) is 12.8 Å². The fraction of sp³-hybridized carbons (Fsp3) is 0.981. The fourth-order valence-electron chi connectivity index (χ4n) is 8.38. The standard InChI is InChI=1S/C54H110NO7P/c1-6-8-10-12-14-16-18-20-22-23-24-25-26-27-28-29-30-31-32-34-36-38-40-42-44-46-49-59-51-53(52-61-63(57,58)60-50-48-55(3,4)5)62-54(56)47-45-43-41-39-37-35-33-21-19-17-15-13-11-9-7-2/h53H,6-52H2,1-5H3/p+1. The summed E-state index contributed by atoms with van der Waals surface area (Å²) < 4.78 is 35.2. The first-order valence-electron chi connectivity index (χ1n) is 27.8. The Balaban J connectivity index is 3.97. The number of hydrogen-bond donors (Lipinski definition) is 1. The molecule has 0 aromatic rings. The molecule has 0 aromatic heterocycles. The molecule has 0 bridgehead atoms. The third-order valence-corrected chi connectivity index (χ3v) is 13.7. The summed E-state index contributed by atoms with van der Waals surface area (Å²) in [7, 11) is 1.69. The Labute approximate surface area is 393 Å². The van der Waals surface area contributed by atoms with Crippen molar-refractivity contribution in [2.45, 2.75) is 290 Å². The Bertz CT molecular complexity index is 976. The Kier molecular flexibility index (Phi) is 47.6. The van der Waals surface area contributed by atoms with Gasteiger partial charge in [0.2, 0.25) is 0 Å². The maximum atomic E-state index is 12.8. The van der Waals surface area contributed by atoms with E-state index >= 15 is 0 Å². The Morgan fingerprint density at radius 2 is 0.730 bits per heavy atom. The quantitative estimate of drug-likeness (QED) is 0.0281. The van der Waals surface area contributed by atoms with Crippen LogP contribution in [-0.4, -0.2) is 75.6 Å². The molecule has 0 radical (unpaired) electrons. The Morgan fingerprint density at radius 1 is 0.429 bits per heavy atom. The van der Waals surface area contributed by atoms with Gasteiger partial charge in [0, 0.05) is 13.0 Å². The number of carbonyl (C=O) groups excluding carboxylic acids is 1. The molecule has 0 spiro atoms. The van der Waals surface area contributed by atoms with E-state index in [-0.39, 0.29) is 25.8 Å². The lowest BCUT2D eigenvalue weighted by molar-refractivity contribution is -0.870. The monoisotopic (exact) mass is 917 g/mol. The molecule has 2 atom stereocenters. The molecule has 0 fully saturated rings. The molecule has 9 heteroatoms. The lowest BCUT2D eigenvalue weighted by Gasteiger charge is -2.24. The van der Waals surface area contributed by atoms with Gasteiger partial charge in [-0.25, -0.2) is 4.57 Å². The van der Waals surface area contributed by atoms with Crippen molar-refractivity contribution in [3.8, 4) is 0 Å². The smallest absolute Gasteiger partial charge is 0.457 e. The molecule has 2 unspecified atom stereocenters. The van der Waals surface area contributed by atoms with E-state index < -0.39 is 13.9 Å². The summed E-state index contributed by atoms with van der Waals surface area (Å²) in [5.41, 5.74) is 0. The van der Waals surface area contributed by atoms with Crippen LogP contribution in [0.15, 0.2) is 0 Å². The van der Waals surface area contributed by atoms with Crippen LogP contribution in [0, 0.1) is 0 Å². The van der Waals surface area contributed by atoms with Gasteiger partial charge in [0.25, 0.3) is 0 Å². The summed E-state index contributed by atoms with van der Waals surface area (Å²) in [6.07, 6.45) is 54.5. The second-order valence-corrected chi connectivity index (χ2v) is 21.8. The SMILES string of the molecule is CCCCCCCCCCCCCCCCCCCCCCCCCCCCOCC(COP(=O)(O)OCC[N+](C)(C)C)OC(=O)CCCCCCCCCCCCCCCCC. The number of phosphoric acid groups is 1. The molecule has 1 N–H and O–H groups in total. The zero-order valence-electron chi connectivity index (χ0n) is 43.1. The van der Waals surface area contributed by atoms with Crippen LogP contribution in [0.2, 0.25) is 0 Å². The molecule has 378 valence electrons. The van der Waals surface area contributed by atoms with Crippen molar-refractivity contribution in [1.29, 1.82) is 0 Å². The normalized spacial score (nSPS) is 13.4. The summed E-state index contributed by atoms with van der Waals surface area (Å²) in [4.78, 5) is 23.0. The summed E-state index contributed by atoms with van der Waals surface area (Å²) in [5.74, 6) is -0.305. The predicted octanol–water partition coefficient (Wildman–Crippen LogP) is 17.2. The van der Waals surface area contributed by atoms with Crippen LogP contribution in [0.4, 0.5) is 0 Å². The van der Waals surface area contributed by atoms with E-state index in [1.165, 1.54) is 231 Å². The second kappa shape index (κ2) is 48.0. The van der Waals surface area contributed by atoms with E-state index in [1.54, 1.807) is 0 Å². The average molecular weight is 917 g/mol. The Morgan fingerprint density at radius 3 is 1.05 bits per heavy atom. The molecule has 0 aliphatic rings. The molecule has 0 aliphatic carbocycles. The summed E-state index contributed by atoms with van der Waals surface area (Å²) in [6.45, 7) is 5.71. The van der Waals surface area contributed by atoms with Crippen molar-refractivity contribution in [1.82, 2.24) is 0 Å². The fourth-order valence-corrected chi connectivity index (χ4v) is 9.12. The lowest BCUT2D eigenvalue weighted by Crippen LogP contribution is -2.37. The van der Waals surface area contributed by atoms with Crippen LogP contribution in [0.25, 0.3) is 0 Å². The van der Waals surface area contributed by atoms with Gasteiger partial charge < -0.3 is 18.9 Å². The first-order valence-corrected chi connectivity index (χ1v) is 29.3. The van der Waals surface area contributed by atoms with E-state index in [9.17, 15) is 14.3 Å². The number of esters is 1. The molecule has 63 heavy (non-hydrogen) atoms. The number of quaternary nitrogens is 1. The van der Waals surface area contributed by atoms with Crippen molar-refractivity contribution in [2.24, 2.45) is 0 Å². The van der Waals surface area contributed by atoms with Crippen molar-refractivity contribution in [2.75, 3.05) is 54.1 Å². The number of likely N-dealkylation sites (N-methyl/N-ethyl adjacent to an activating group) is 1. The van der Waals surface area contributed by atoms with Crippen molar-refractivity contribution in [3.05, 3.63) is 0 Å². The van der Waals surface area contributed by atoms with E-state index in [4.69, 9.17) is 18.5 Å². The number of nitrogens with zero attached hydrogens (tertiary/aromatic N) is 1. The maximum absolute atomic E-state index is 12.8. The minimum Gasteiger partial charge on any atom is -0.457 e. The first-order chi connectivity index (χ1) is 30.6. The van der Waals surface area contributed by atoms with E-state index in [2.05, 4.69) is 13.8 Å². The van der Waals surface area contributed by atoms with Crippen molar-refractivity contribution < 1.29 is 37.3 Å². The van der Waals surface area contributed by atoms with Crippen LogP contribution in [-0.2, 0) is 27.9 Å². The van der Waals surface area contributed by atoms with Crippen LogP contribution in [0.1, 0.15) is 284 Å². The topological polar surface area (TPSA) is 91.3 Å². The van der Waals surface area contributed by atoms with Gasteiger partial charge in [0.15, 0.2) is 0 Å². The molecule has 0 saturated heterocycles. The third kappa shape index (κ3) is 52.3. The molecular weight excluding hydrogens is 806 g/mol. The van der Waals surface area contributed by atoms with E-state index in [0.29, 0.717) is 24.1 Å². The maximum Gasteiger partial charge on any atom is 0.472 e. The van der Waals surface area contributed by atoms with Crippen molar-refractivity contribution >= 4 is 13.8 Å². The highest BCUT2D eigenvalue weighted by molar-refractivity contribution is 7.47. The highest BCUT2D eigenvalue weighted by atomic mass is 31.2. The van der Waals surface area contributed by atoms with Gasteiger partial charge in [0.05, 0.1) is 34.4 Å². The predicted molar refractivity (Wildman–Crippen MR) is 271 cm³/mol. The summed E-state index contributed by atoms with van der Waals surface area (Å²) in [6, 6.07) is 0. The molecule has 0 amide bonds. The van der Waals surface area contributed by atoms with Gasteiger partial charge in [0.1, 0.15) is 19.3 Å². The van der Waals surface area contributed by atoms with Gasteiger partial charge in [-0.3, -0.25) is 13.8 Å². The molecule has 8 nitrogen and oxygen atoms in total. The largest absolute Gasteiger partial charge is 0.472 e. The Hall–Kier alpha value is -0.500. The van der Waals surface area contributed by atoms with Gasteiger partial charge in [-0.1, -0.05) is 264 Å². The number of hydrogen-bond acceptors (Lipinski definition) is 6. The molecule has 0 aliphatic heterocycles. The molecule has 0 rings (SSSR count). The average Bonchev–Trinajstić information content (AvgIpc) is 3.24. The number of phosphoric ester groups is 1. The van der Waals surface area contributed by atoms with E-state index in [0.717, 1.165) is 32.1 Å². The van der Waals surface area contributed by atoms with Gasteiger partial charge >= 0.3 is 13.8 Å². The lowest BCUT2D eigenvalue weighted by atomic mass is 10.0. The minimum absolute atomic E-state index is 0.0943. The number of ether oxygens (including phenoxy) is 2. The highest BCUT2D eigenvalue weighted by Crippen LogP contribution is 2.43. The number of unbranched alkanes of at least 4 members (excludes halogenated alkanes) is 39. The van der Waals surface area contributed by atoms with Gasteiger partial charge in [-0.2, -0.15) is 0 Å². The zero-order chi connectivity index (χ0) is 46.2. The summed E-state index contributed by atoms with van der Waals surface area (Å²) >= 11 is 0. The van der Waals surface area contributed by atoms with E-state index in [1.807, 2.05) is 21.1 Å². The van der Waals surface area contributed by atoms with Crippen molar-refractivity contribution in [3.63, 3.8) is 0 Å². The van der Waals surface area contributed by atoms with Crippen LogP contribution in [0.3, 0.4) is 0 Å².